The molecule has 0 aromatic heterocycles. The first-order valence-electron chi connectivity index (χ1n) is 16.3. The minimum atomic E-state index is -1.37. The maximum Gasteiger partial charge on any atom is 0.333 e. The second-order valence-corrected chi connectivity index (χ2v) is 12.5. The second kappa shape index (κ2) is 31.7. The molecule has 0 unspecified atom stereocenters. The van der Waals surface area contributed by atoms with E-state index in [-0.39, 0.29) is 85.3 Å². The lowest BCUT2D eigenvalue weighted by Gasteiger charge is -2.31. The summed E-state index contributed by atoms with van der Waals surface area (Å²) < 4.78 is 20.7. The zero-order valence-electron chi connectivity index (χ0n) is 33.8. The van der Waals surface area contributed by atoms with Gasteiger partial charge in [0.15, 0.2) is 0 Å². The van der Waals surface area contributed by atoms with Crippen LogP contribution in [0.15, 0.2) is 85.1 Å². The molecule has 318 valence electrons. The molecule has 0 amide bonds. The van der Waals surface area contributed by atoms with Gasteiger partial charge in [0.05, 0.1) is 19.8 Å². The SMILES string of the molecule is C=C(C)C(=O)O.C=C(C)C(=O)O.C=C(C)C(=O)O.C=C(C)C(=O)OCC(COC(=O)C(=C)C)(COC(=O)C(=C)C)COC(=O)C(=C)C.CCC(CO)(CO)CO. The molecule has 0 bridgehead atoms. The molecular formula is C39H60O17. The van der Waals surface area contributed by atoms with Crippen LogP contribution in [-0.2, 0) is 52.5 Å². The number of rotatable bonds is 19. The highest BCUT2D eigenvalue weighted by Gasteiger charge is 2.38. The van der Waals surface area contributed by atoms with Crippen molar-refractivity contribution in [3.63, 3.8) is 0 Å². The Labute approximate surface area is 328 Å². The normalized spacial score (nSPS) is 9.70. The number of aliphatic hydroxyl groups is 3. The highest BCUT2D eigenvalue weighted by Crippen LogP contribution is 2.23. The molecule has 0 saturated heterocycles. The van der Waals surface area contributed by atoms with Crippen LogP contribution in [0, 0.1) is 10.8 Å². The Morgan fingerprint density at radius 3 is 0.625 bits per heavy atom. The Balaban J connectivity index is -0.000000256. The minimum Gasteiger partial charge on any atom is -0.478 e. The number of carboxylic acids is 3. The standard InChI is InChI=1S/C21H28O8.C6H14O3.3C4H6O2/c1-13(2)17(22)26-9-21(10-27-18(23)14(3)4,11-28-19(24)15(5)6)12-29-20(25)16(7)8;1-2-6(3-7,4-8)5-9;3*1-3(2)4(5)6/h1,3,5,7,9-12H2,2,4,6,8H3;7-9H,2-5H2,1H3;3*1H2,2H3,(H,5,6). The average Bonchev–Trinajstić information content (AvgIpc) is 3.12. The van der Waals surface area contributed by atoms with Crippen molar-refractivity contribution in [2.75, 3.05) is 46.2 Å². The van der Waals surface area contributed by atoms with Crippen LogP contribution in [-0.4, -0.2) is 119 Å². The van der Waals surface area contributed by atoms with E-state index >= 15 is 0 Å². The van der Waals surface area contributed by atoms with Crippen molar-refractivity contribution >= 4 is 41.8 Å². The van der Waals surface area contributed by atoms with E-state index in [0.717, 1.165) is 0 Å². The van der Waals surface area contributed by atoms with Crippen molar-refractivity contribution in [2.45, 2.75) is 61.8 Å². The van der Waals surface area contributed by atoms with E-state index in [9.17, 15) is 33.6 Å². The maximum atomic E-state index is 11.8. The summed E-state index contributed by atoms with van der Waals surface area (Å²) in [6.07, 6.45) is 0.594. The number of hydrogen-bond donors (Lipinski definition) is 6. The molecule has 0 aromatic carbocycles. The highest BCUT2D eigenvalue weighted by molar-refractivity contribution is 5.89. The van der Waals surface area contributed by atoms with E-state index in [1.165, 1.54) is 48.5 Å². The molecule has 0 aliphatic rings. The van der Waals surface area contributed by atoms with Crippen LogP contribution < -0.4 is 0 Å². The molecule has 0 spiro atoms. The monoisotopic (exact) mass is 800 g/mol. The molecule has 0 aliphatic heterocycles. The lowest BCUT2D eigenvalue weighted by Crippen LogP contribution is -2.44. The molecule has 0 aromatic rings. The number of esters is 4. The van der Waals surface area contributed by atoms with Crippen molar-refractivity contribution in [3.05, 3.63) is 85.1 Å². The van der Waals surface area contributed by atoms with Gasteiger partial charge in [-0.25, -0.2) is 33.6 Å². The van der Waals surface area contributed by atoms with Crippen LogP contribution in [0.2, 0.25) is 0 Å². The third-order valence-electron chi connectivity index (χ3n) is 6.28. The molecule has 17 heteroatoms. The van der Waals surface area contributed by atoms with Gasteiger partial charge in [0.1, 0.15) is 31.8 Å². The minimum absolute atomic E-state index is 0.135. The summed E-state index contributed by atoms with van der Waals surface area (Å²) in [5, 5.41) is 49.6. The van der Waals surface area contributed by atoms with Crippen molar-refractivity contribution in [1.29, 1.82) is 0 Å². The van der Waals surface area contributed by atoms with Gasteiger partial charge >= 0.3 is 41.8 Å². The van der Waals surface area contributed by atoms with Crippen LogP contribution in [0.5, 0.6) is 0 Å². The zero-order valence-corrected chi connectivity index (χ0v) is 33.8. The van der Waals surface area contributed by atoms with E-state index < -0.39 is 52.6 Å². The van der Waals surface area contributed by atoms with Crippen LogP contribution in [0.25, 0.3) is 0 Å². The molecule has 56 heavy (non-hydrogen) atoms. The molecule has 0 saturated carbocycles. The molecule has 6 N–H and O–H groups in total. The van der Waals surface area contributed by atoms with Gasteiger partial charge in [-0.1, -0.05) is 53.0 Å². The van der Waals surface area contributed by atoms with Gasteiger partial charge in [0.25, 0.3) is 0 Å². The fourth-order valence-corrected chi connectivity index (χ4v) is 2.10. The topological polar surface area (TPSA) is 278 Å². The number of carbonyl (C=O) groups excluding carboxylic acids is 4. The Kier molecular flexibility index (Phi) is 33.7. The molecule has 0 fully saturated rings. The van der Waals surface area contributed by atoms with Crippen LogP contribution in [0.4, 0.5) is 0 Å². The number of aliphatic hydroxyl groups excluding tert-OH is 3. The second-order valence-electron chi connectivity index (χ2n) is 12.5. The Morgan fingerprint density at radius 1 is 0.393 bits per heavy atom. The van der Waals surface area contributed by atoms with Crippen LogP contribution in [0.3, 0.4) is 0 Å². The third kappa shape index (κ3) is 31.8. The summed E-state index contributed by atoms with van der Waals surface area (Å²) in [6.45, 7) is 33.4. The number of carbonyl (C=O) groups is 7. The van der Waals surface area contributed by atoms with E-state index in [0.29, 0.717) is 6.42 Å². The Bertz CT molecular complexity index is 1210. The van der Waals surface area contributed by atoms with Gasteiger partial charge in [0, 0.05) is 44.4 Å². The summed E-state index contributed by atoms with van der Waals surface area (Å²) in [5.74, 6) is -5.65. The molecule has 17 nitrogen and oxygen atoms in total. The number of ether oxygens (including phenoxy) is 4. The van der Waals surface area contributed by atoms with E-state index in [4.69, 9.17) is 49.6 Å². The number of aliphatic carboxylic acids is 3. The van der Waals surface area contributed by atoms with Gasteiger partial charge in [-0.2, -0.15) is 0 Å². The van der Waals surface area contributed by atoms with Crippen LogP contribution in [0.1, 0.15) is 61.8 Å². The quantitative estimate of drug-likeness (QED) is 0.0616. The lowest BCUT2D eigenvalue weighted by atomic mass is 9.88. The Hall–Kier alpha value is -5.65. The van der Waals surface area contributed by atoms with Gasteiger partial charge in [-0.15, -0.1) is 0 Å². The molecule has 0 atom stereocenters. The maximum absolute atomic E-state index is 11.8. The summed E-state index contributed by atoms with van der Waals surface area (Å²) in [4.78, 5) is 76.2. The smallest absolute Gasteiger partial charge is 0.333 e. The lowest BCUT2D eigenvalue weighted by molar-refractivity contribution is -0.165. The van der Waals surface area contributed by atoms with E-state index in [2.05, 4.69) is 46.1 Å². The van der Waals surface area contributed by atoms with Crippen molar-refractivity contribution in [3.8, 4) is 0 Å². The number of carboxylic acid groups (broad SMARTS) is 3. The highest BCUT2D eigenvalue weighted by atomic mass is 16.6. The van der Waals surface area contributed by atoms with E-state index in [1.807, 2.05) is 6.92 Å². The molecule has 0 aliphatic carbocycles. The van der Waals surface area contributed by atoms with Gasteiger partial charge < -0.3 is 49.6 Å². The van der Waals surface area contributed by atoms with Crippen molar-refractivity contribution in [2.24, 2.45) is 10.8 Å². The predicted molar refractivity (Wildman–Crippen MR) is 207 cm³/mol. The predicted octanol–water partition coefficient (Wildman–Crippen LogP) is 3.75. The molecule has 0 heterocycles. The summed E-state index contributed by atoms with van der Waals surface area (Å²) >= 11 is 0. The van der Waals surface area contributed by atoms with Gasteiger partial charge in [0.2, 0.25) is 0 Å². The fraction of sp³-hybridized carbons (Fsp3) is 0.462. The first-order valence-corrected chi connectivity index (χ1v) is 16.3. The number of hydrogen-bond acceptors (Lipinski definition) is 14. The Morgan fingerprint density at radius 2 is 0.554 bits per heavy atom. The summed E-state index contributed by atoms with van der Waals surface area (Å²) in [7, 11) is 0. The van der Waals surface area contributed by atoms with Crippen LogP contribution >= 0.6 is 0 Å². The molecular weight excluding hydrogens is 740 g/mol. The zero-order chi connectivity index (χ0) is 45.6. The first kappa shape index (κ1) is 59.6. The fourth-order valence-electron chi connectivity index (χ4n) is 2.10. The summed E-state index contributed by atoms with van der Waals surface area (Å²) in [6, 6.07) is 0. The third-order valence-corrected chi connectivity index (χ3v) is 6.28. The summed E-state index contributed by atoms with van der Waals surface area (Å²) in [5.41, 5.74) is -0.968. The van der Waals surface area contributed by atoms with E-state index in [1.54, 1.807) is 0 Å². The van der Waals surface area contributed by atoms with Gasteiger partial charge in [-0.3, -0.25) is 0 Å². The van der Waals surface area contributed by atoms with Gasteiger partial charge in [-0.05, 0) is 54.9 Å². The molecule has 0 rings (SSSR count). The first-order chi connectivity index (χ1) is 25.5. The largest absolute Gasteiger partial charge is 0.478 e. The van der Waals surface area contributed by atoms with Crippen molar-refractivity contribution < 1.29 is 83.1 Å². The van der Waals surface area contributed by atoms with Crippen molar-refractivity contribution in [1.82, 2.24) is 0 Å². The average molecular weight is 801 g/mol. The molecule has 0 radical (unpaired) electrons.